The minimum Gasteiger partial charge on any atom is -0.466 e. The van der Waals surface area contributed by atoms with Gasteiger partial charge < -0.3 is 14.8 Å². The number of fused-ring (bicyclic) bond motifs is 1. The molecule has 1 aromatic heterocycles. The van der Waals surface area contributed by atoms with Gasteiger partial charge in [0.15, 0.2) is 0 Å². The van der Waals surface area contributed by atoms with Gasteiger partial charge in [-0.25, -0.2) is 14.0 Å². The topological polar surface area (TPSA) is 82.5 Å². The number of ether oxygens (including phenoxy) is 2. The van der Waals surface area contributed by atoms with Crippen molar-refractivity contribution in [2.24, 2.45) is 0 Å². The van der Waals surface area contributed by atoms with Crippen LogP contribution in [-0.4, -0.2) is 35.9 Å². The van der Waals surface area contributed by atoms with Crippen LogP contribution in [0.1, 0.15) is 5.56 Å². The van der Waals surface area contributed by atoms with Crippen LogP contribution in [0.25, 0.3) is 10.9 Å². The molecule has 28 heavy (non-hydrogen) atoms. The molecule has 0 amide bonds. The molecular formula is C20H18FN3O4. The normalized spacial score (nSPS) is 11.3. The maximum absolute atomic E-state index is 13.4. The number of halogens is 1. The van der Waals surface area contributed by atoms with E-state index in [4.69, 9.17) is 0 Å². The standard InChI is InChI=1S/C20H18FN3O4/c1-27-19(25)10-17(20(26)28-2)23-16-6-7-18-14(9-16)11-22-24(18)12-13-4-3-5-15(21)8-13/h3-11,23H,12H2,1-2H3/b17-10+. The van der Waals surface area contributed by atoms with Gasteiger partial charge in [0.2, 0.25) is 0 Å². The van der Waals surface area contributed by atoms with Crippen molar-refractivity contribution in [2.45, 2.75) is 6.54 Å². The molecule has 0 bridgehead atoms. The van der Waals surface area contributed by atoms with E-state index in [9.17, 15) is 14.0 Å². The minimum absolute atomic E-state index is 0.0548. The van der Waals surface area contributed by atoms with Crippen LogP contribution in [-0.2, 0) is 25.6 Å². The lowest BCUT2D eigenvalue weighted by Gasteiger charge is -2.09. The SMILES string of the molecule is COC(=O)/C=C(/Nc1ccc2c(cnn2Cc2cccc(F)c2)c1)C(=O)OC. The van der Waals surface area contributed by atoms with E-state index >= 15 is 0 Å². The third-order valence-electron chi connectivity index (χ3n) is 4.01. The molecule has 0 radical (unpaired) electrons. The predicted molar refractivity (Wildman–Crippen MR) is 101 cm³/mol. The molecule has 0 unspecified atom stereocenters. The summed E-state index contributed by atoms with van der Waals surface area (Å²) in [4.78, 5) is 23.3. The van der Waals surface area contributed by atoms with Gasteiger partial charge in [0.05, 0.1) is 38.6 Å². The third kappa shape index (κ3) is 4.35. The Labute approximate surface area is 160 Å². The van der Waals surface area contributed by atoms with Crippen LogP contribution in [0.15, 0.2) is 60.4 Å². The quantitative estimate of drug-likeness (QED) is 0.521. The average Bonchev–Trinajstić information content (AvgIpc) is 3.08. The van der Waals surface area contributed by atoms with Gasteiger partial charge in [-0.15, -0.1) is 0 Å². The molecule has 1 heterocycles. The van der Waals surface area contributed by atoms with E-state index in [0.29, 0.717) is 12.2 Å². The lowest BCUT2D eigenvalue weighted by atomic mass is 10.2. The first-order chi connectivity index (χ1) is 13.5. The van der Waals surface area contributed by atoms with Crippen molar-refractivity contribution in [3.8, 4) is 0 Å². The van der Waals surface area contributed by atoms with E-state index < -0.39 is 11.9 Å². The van der Waals surface area contributed by atoms with E-state index in [1.54, 1.807) is 29.1 Å². The lowest BCUT2D eigenvalue weighted by Crippen LogP contribution is -2.15. The van der Waals surface area contributed by atoms with Crippen LogP contribution in [0.5, 0.6) is 0 Å². The van der Waals surface area contributed by atoms with E-state index in [-0.39, 0.29) is 11.5 Å². The summed E-state index contributed by atoms with van der Waals surface area (Å²) in [5.41, 5.74) is 2.15. The number of nitrogens with one attached hydrogen (secondary N) is 1. The summed E-state index contributed by atoms with van der Waals surface area (Å²) >= 11 is 0. The summed E-state index contributed by atoms with van der Waals surface area (Å²) in [6, 6.07) is 11.7. The average molecular weight is 383 g/mol. The number of carbonyl (C=O) groups excluding carboxylic acids is 2. The predicted octanol–water partition coefficient (Wildman–Crippen LogP) is 2.87. The van der Waals surface area contributed by atoms with E-state index in [1.807, 2.05) is 12.1 Å². The summed E-state index contributed by atoms with van der Waals surface area (Å²) in [5.74, 6) is -1.68. The molecule has 0 aliphatic carbocycles. The van der Waals surface area contributed by atoms with Gasteiger partial charge in [-0.3, -0.25) is 4.68 Å². The van der Waals surface area contributed by atoms with Crippen molar-refractivity contribution in [3.63, 3.8) is 0 Å². The van der Waals surface area contributed by atoms with E-state index in [1.165, 1.54) is 26.4 Å². The third-order valence-corrected chi connectivity index (χ3v) is 4.01. The van der Waals surface area contributed by atoms with Crippen molar-refractivity contribution in [2.75, 3.05) is 19.5 Å². The zero-order valence-electron chi connectivity index (χ0n) is 15.3. The molecule has 3 rings (SSSR count). The lowest BCUT2D eigenvalue weighted by molar-refractivity contribution is -0.138. The highest BCUT2D eigenvalue weighted by Gasteiger charge is 2.13. The van der Waals surface area contributed by atoms with Gasteiger partial charge in [0.1, 0.15) is 11.5 Å². The molecule has 0 saturated carbocycles. The maximum atomic E-state index is 13.4. The molecule has 0 aliphatic heterocycles. The van der Waals surface area contributed by atoms with Crippen LogP contribution in [0.3, 0.4) is 0 Å². The second-order valence-electron chi connectivity index (χ2n) is 5.90. The van der Waals surface area contributed by atoms with Crippen LogP contribution in [0.4, 0.5) is 10.1 Å². The van der Waals surface area contributed by atoms with Crippen molar-refractivity contribution in [3.05, 3.63) is 71.8 Å². The van der Waals surface area contributed by atoms with Gasteiger partial charge >= 0.3 is 11.9 Å². The number of anilines is 1. The Bertz CT molecular complexity index is 1060. The fourth-order valence-corrected chi connectivity index (χ4v) is 2.69. The van der Waals surface area contributed by atoms with Crippen molar-refractivity contribution in [1.29, 1.82) is 0 Å². The Hall–Kier alpha value is -3.68. The zero-order valence-corrected chi connectivity index (χ0v) is 15.3. The summed E-state index contributed by atoms with van der Waals surface area (Å²) in [6.07, 6.45) is 2.69. The monoisotopic (exact) mass is 383 g/mol. The molecule has 8 heteroatoms. The highest BCUT2D eigenvalue weighted by molar-refractivity contribution is 5.99. The largest absolute Gasteiger partial charge is 0.466 e. The van der Waals surface area contributed by atoms with Crippen LogP contribution in [0.2, 0.25) is 0 Å². The molecule has 0 atom stereocenters. The highest BCUT2D eigenvalue weighted by atomic mass is 19.1. The number of hydrogen-bond acceptors (Lipinski definition) is 6. The number of methoxy groups -OCH3 is 2. The van der Waals surface area contributed by atoms with Crippen molar-refractivity contribution < 1.29 is 23.5 Å². The summed E-state index contributed by atoms with van der Waals surface area (Å²) in [6.45, 7) is 0.420. The molecule has 0 saturated heterocycles. The second-order valence-corrected chi connectivity index (χ2v) is 5.90. The Morgan fingerprint density at radius 1 is 1.18 bits per heavy atom. The molecule has 0 spiro atoms. The molecule has 2 aromatic carbocycles. The van der Waals surface area contributed by atoms with Gasteiger partial charge in [-0.05, 0) is 35.9 Å². The van der Waals surface area contributed by atoms with Gasteiger partial charge in [0, 0.05) is 11.1 Å². The first-order valence-corrected chi connectivity index (χ1v) is 8.35. The van der Waals surface area contributed by atoms with Crippen LogP contribution in [0, 0.1) is 5.82 Å². The Balaban J connectivity index is 1.85. The van der Waals surface area contributed by atoms with Crippen molar-refractivity contribution >= 4 is 28.5 Å². The fraction of sp³-hybridized carbons (Fsp3) is 0.150. The number of hydrogen-bond donors (Lipinski definition) is 1. The molecule has 0 fully saturated rings. The molecule has 1 N–H and O–H groups in total. The Morgan fingerprint density at radius 3 is 2.71 bits per heavy atom. The summed E-state index contributed by atoms with van der Waals surface area (Å²) < 4.78 is 24.4. The minimum atomic E-state index is -0.702. The number of nitrogens with zero attached hydrogens (tertiary/aromatic N) is 2. The van der Waals surface area contributed by atoms with E-state index in [0.717, 1.165) is 22.5 Å². The zero-order chi connectivity index (χ0) is 20.1. The first-order valence-electron chi connectivity index (χ1n) is 8.35. The molecule has 7 nitrogen and oxygen atoms in total. The fourth-order valence-electron chi connectivity index (χ4n) is 2.69. The van der Waals surface area contributed by atoms with Crippen LogP contribution < -0.4 is 5.32 Å². The number of benzene rings is 2. The van der Waals surface area contributed by atoms with E-state index in [2.05, 4.69) is 19.9 Å². The number of aromatic nitrogens is 2. The van der Waals surface area contributed by atoms with Gasteiger partial charge in [-0.1, -0.05) is 12.1 Å². The highest BCUT2D eigenvalue weighted by Crippen LogP contribution is 2.21. The molecular weight excluding hydrogens is 365 g/mol. The first kappa shape index (κ1) is 19.1. The number of rotatable bonds is 6. The molecule has 0 aliphatic rings. The number of esters is 2. The van der Waals surface area contributed by atoms with Gasteiger partial charge in [0.25, 0.3) is 0 Å². The van der Waals surface area contributed by atoms with Crippen LogP contribution >= 0.6 is 0 Å². The van der Waals surface area contributed by atoms with Gasteiger partial charge in [-0.2, -0.15) is 5.10 Å². The molecule has 3 aromatic rings. The summed E-state index contributed by atoms with van der Waals surface area (Å²) in [7, 11) is 2.43. The second kappa shape index (κ2) is 8.34. The Morgan fingerprint density at radius 2 is 2.00 bits per heavy atom. The number of carbonyl (C=O) groups is 2. The molecule has 144 valence electrons. The summed E-state index contributed by atoms with van der Waals surface area (Å²) in [5, 5.41) is 8.00. The smallest absolute Gasteiger partial charge is 0.354 e. The Kier molecular flexibility index (Phi) is 5.69. The van der Waals surface area contributed by atoms with Crippen molar-refractivity contribution in [1.82, 2.24) is 9.78 Å². The maximum Gasteiger partial charge on any atom is 0.354 e.